The summed E-state index contributed by atoms with van der Waals surface area (Å²) in [6.45, 7) is 3.32. The van der Waals surface area contributed by atoms with E-state index >= 15 is 0 Å². The van der Waals surface area contributed by atoms with Gasteiger partial charge in [-0.15, -0.1) is 24.8 Å². The van der Waals surface area contributed by atoms with Gasteiger partial charge in [-0.05, 0) is 37.4 Å². The van der Waals surface area contributed by atoms with Crippen LogP contribution in [0.4, 0.5) is 0 Å². The van der Waals surface area contributed by atoms with E-state index in [0.717, 1.165) is 32.4 Å². The Labute approximate surface area is 179 Å². The molecule has 28 heavy (non-hydrogen) atoms. The lowest BCUT2D eigenvalue weighted by molar-refractivity contribution is -0.146. The third-order valence-electron chi connectivity index (χ3n) is 6.26. The number of halogens is 2. The maximum Gasteiger partial charge on any atom is 0.244 e. The van der Waals surface area contributed by atoms with Crippen molar-refractivity contribution in [3.63, 3.8) is 0 Å². The van der Waals surface area contributed by atoms with Gasteiger partial charge in [0.2, 0.25) is 15.9 Å². The highest BCUT2D eigenvalue weighted by atomic mass is 35.5. The Hall–Kier alpha value is -0.930. The Morgan fingerprint density at radius 3 is 2.61 bits per heavy atom. The van der Waals surface area contributed by atoms with E-state index in [1.165, 1.54) is 16.9 Å². The molecule has 0 bridgehead atoms. The number of rotatable bonds is 3. The lowest BCUT2D eigenvalue weighted by Crippen LogP contribution is -2.56. The molecular weight excluding hydrogens is 423 g/mol. The zero-order chi connectivity index (χ0) is 18.2. The summed E-state index contributed by atoms with van der Waals surface area (Å²) in [7, 11) is -3.53. The predicted molar refractivity (Wildman–Crippen MR) is 111 cm³/mol. The zero-order valence-corrected chi connectivity index (χ0v) is 18.2. The van der Waals surface area contributed by atoms with Crippen LogP contribution < -0.4 is 5.32 Å². The number of sulfonamides is 1. The van der Waals surface area contributed by atoms with Crippen LogP contribution in [0.25, 0.3) is 0 Å². The fourth-order valence-electron chi connectivity index (χ4n) is 4.76. The summed E-state index contributed by atoms with van der Waals surface area (Å²) in [6.07, 6.45) is 7.33. The molecule has 1 amide bonds. The van der Waals surface area contributed by atoms with Crippen molar-refractivity contribution < 1.29 is 13.2 Å². The normalized spacial score (nSPS) is 28.0. The van der Waals surface area contributed by atoms with Crippen molar-refractivity contribution in [1.82, 2.24) is 19.5 Å². The largest absolute Gasteiger partial charge is 0.340 e. The molecule has 1 N–H and O–H groups in total. The van der Waals surface area contributed by atoms with Crippen LogP contribution in [0.2, 0.25) is 0 Å². The van der Waals surface area contributed by atoms with Gasteiger partial charge in [-0.25, -0.2) is 8.42 Å². The molecule has 1 aliphatic carbocycles. The molecule has 0 aromatic carbocycles. The fraction of sp³-hybridized carbons (Fsp3) is 0.667. The molecule has 3 aliphatic rings. The Bertz CT molecular complexity index is 772. The van der Waals surface area contributed by atoms with Crippen molar-refractivity contribution in [3.8, 4) is 0 Å². The lowest BCUT2D eigenvalue weighted by Gasteiger charge is -2.43. The number of fused-ring (bicyclic) bond motifs is 1. The summed E-state index contributed by atoms with van der Waals surface area (Å²) in [5.41, 5.74) is -0.261. The van der Waals surface area contributed by atoms with E-state index < -0.39 is 10.0 Å². The van der Waals surface area contributed by atoms with Gasteiger partial charge in [0.25, 0.3) is 0 Å². The Morgan fingerprint density at radius 2 is 1.93 bits per heavy atom. The first-order valence-corrected chi connectivity index (χ1v) is 10.9. The van der Waals surface area contributed by atoms with Crippen LogP contribution in [0.5, 0.6) is 0 Å². The quantitative estimate of drug-likeness (QED) is 0.754. The van der Waals surface area contributed by atoms with E-state index in [-0.39, 0.29) is 41.0 Å². The number of hydrogen-bond donors (Lipinski definition) is 1. The maximum absolute atomic E-state index is 13.3. The summed E-state index contributed by atoms with van der Waals surface area (Å²) < 4.78 is 26.9. The van der Waals surface area contributed by atoms with E-state index in [2.05, 4.69) is 10.3 Å². The van der Waals surface area contributed by atoms with Crippen molar-refractivity contribution in [1.29, 1.82) is 0 Å². The Balaban J connectivity index is 0.00000140. The van der Waals surface area contributed by atoms with Gasteiger partial charge in [-0.3, -0.25) is 9.78 Å². The number of amides is 1. The summed E-state index contributed by atoms with van der Waals surface area (Å²) in [4.78, 5) is 19.3. The molecule has 2 saturated heterocycles. The summed E-state index contributed by atoms with van der Waals surface area (Å²) in [5, 5.41) is 3.42. The third-order valence-corrected chi connectivity index (χ3v) is 8.14. The number of pyridine rings is 1. The van der Waals surface area contributed by atoms with Crippen LogP contribution >= 0.6 is 24.8 Å². The van der Waals surface area contributed by atoms with Crippen LogP contribution in [0.15, 0.2) is 29.4 Å². The van der Waals surface area contributed by atoms with Crippen molar-refractivity contribution >= 4 is 40.7 Å². The van der Waals surface area contributed by atoms with E-state index in [1.807, 2.05) is 4.90 Å². The highest BCUT2D eigenvalue weighted by Crippen LogP contribution is 2.45. The second kappa shape index (κ2) is 9.26. The molecule has 10 heteroatoms. The standard InChI is InChI=1S/C18H26N4O3S.2ClH/c23-17(18-6-2-1-4-15(18)12-20-14-18)21-8-10-22(11-9-21)26(24,25)16-5-3-7-19-13-16;;/h3,5,7,13,15,20H,1-2,4,6,8-12,14H2;2*1H/t15-,18+;;/m0../s1. The van der Waals surface area contributed by atoms with Crippen molar-refractivity contribution in [3.05, 3.63) is 24.5 Å². The van der Waals surface area contributed by atoms with Gasteiger partial charge in [0.05, 0.1) is 5.41 Å². The summed E-state index contributed by atoms with van der Waals surface area (Å²) >= 11 is 0. The van der Waals surface area contributed by atoms with Gasteiger partial charge in [0.1, 0.15) is 4.90 Å². The van der Waals surface area contributed by atoms with Gasteiger partial charge >= 0.3 is 0 Å². The summed E-state index contributed by atoms with van der Waals surface area (Å²) in [5.74, 6) is 0.659. The number of hydrogen-bond acceptors (Lipinski definition) is 5. The fourth-order valence-corrected chi connectivity index (χ4v) is 6.15. The van der Waals surface area contributed by atoms with Gasteiger partial charge in [0.15, 0.2) is 0 Å². The second-order valence-corrected chi connectivity index (χ2v) is 9.55. The number of carbonyl (C=O) groups excluding carboxylic acids is 1. The first-order valence-electron chi connectivity index (χ1n) is 9.44. The Morgan fingerprint density at radius 1 is 1.18 bits per heavy atom. The molecule has 2 atom stereocenters. The van der Waals surface area contributed by atoms with Gasteiger partial charge in [-0.1, -0.05) is 12.8 Å². The SMILES string of the molecule is Cl.Cl.O=C(N1CCN(S(=O)(=O)c2cccnc2)CC1)[C@@]12CCCC[C@H]1CNC2. The minimum absolute atomic E-state index is 0. The van der Waals surface area contributed by atoms with Crippen LogP contribution in [0.3, 0.4) is 0 Å². The third kappa shape index (κ3) is 4.03. The highest BCUT2D eigenvalue weighted by molar-refractivity contribution is 7.89. The first kappa shape index (κ1) is 23.3. The average Bonchev–Trinajstić information content (AvgIpc) is 3.13. The second-order valence-electron chi connectivity index (χ2n) is 7.61. The highest BCUT2D eigenvalue weighted by Gasteiger charge is 2.51. The number of piperazine rings is 1. The first-order chi connectivity index (χ1) is 12.5. The van der Waals surface area contributed by atoms with Gasteiger partial charge < -0.3 is 10.2 Å². The molecule has 0 radical (unpaired) electrons. The molecule has 0 spiro atoms. The smallest absolute Gasteiger partial charge is 0.244 e. The molecule has 7 nitrogen and oxygen atoms in total. The van der Waals surface area contributed by atoms with E-state index in [9.17, 15) is 13.2 Å². The van der Waals surface area contributed by atoms with Crippen LogP contribution in [-0.2, 0) is 14.8 Å². The number of carbonyl (C=O) groups is 1. The van der Waals surface area contributed by atoms with E-state index in [4.69, 9.17) is 0 Å². The van der Waals surface area contributed by atoms with Crippen LogP contribution in [-0.4, -0.2) is 67.8 Å². The van der Waals surface area contributed by atoms with E-state index in [0.29, 0.717) is 32.1 Å². The average molecular weight is 451 g/mol. The molecule has 1 aromatic heterocycles. The van der Waals surface area contributed by atoms with Crippen molar-refractivity contribution in [2.24, 2.45) is 11.3 Å². The van der Waals surface area contributed by atoms with Crippen molar-refractivity contribution in [2.45, 2.75) is 30.6 Å². The molecular formula is C18H28Cl2N4O3S. The minimum Gasteiger partial charge on any atom is -0.340 e. The molecule has 1 saturated carbocycles. The topological polar surface area (TPSA) is 82.6 Å². The summed E-state index contributed by atoms with van der Waals surface area (Å²) in [6, 6.07) is 3.19. The predicted octanol–water partition coefficient (Wildman–Crippen LogP) is 1.54. The Kier molecular flexibility index (Phi) is 7.72. The van der Waals surface area contributed by atoms with Crippen LogP contribution in [0, 0.1) is 11.3 Å². The molecule has 4 rings (SSSR count). The van der Waals surface area contributed by atoms with E-state index in [1.54, 1.807) is 18.3 Å². The lowest BCUT2D eigenvalue weighted by atomic mass is 9.67. The van der Waals surface area contributed by atoms with Crippen molar-refractivity contribution in [2.75, 3.05) is 39.3 Å². The number of aromatic nitrogens is 1. The maximum atomic E-state index is 13.3. The molecule has 2 aliphatic heterocycles. The zero-order valence-electron chi connectivity index (χ0n) is 15.7. The number of nitrogens with zero attached hydrogens (tertiary/aromatic N) is 3. The molecule has 158 valence electrons. The molecule has 0 unspecified atom stereocenters. The number of nitrogens with one attached hydrogen (secondary N) is 1. The molecule has 1 aromatic rings. The van der Waals surface area contributed by atoms with Gasteiger partial charge in [-0.2, -0.15) is 4.31 Å². The molecule has 3 heterocycles. The monoisotopic (exact) mass is 450 g/mol. The van der Waals surface area contributed by atoms with Crippen LogP contribution in [0.1, 0.15) is 25.7 Å². The minimum atomic E-state index is -3.53. The molecule has 3 fully saturated rings. The van der Waals surface area contributed by atoms with Gasteiger partial charge in [0, 0.05) is 45.1 Å².